The SMILES string of the molecule is C=NC(C)NCc1ccc2c(c1)OCO2. The van der Waals surface area contributed by atoms with Gasteiger partial charge in [0, 0.05) is 6.54 Å². The van der Waals surface area contributed by atoms with Crippen molar-refractivity contribution < 1.29 is 9.47 Å². The molecule has 0 aliphatic carbocycles. The fraction of sp³-hybridized carbons (Fsp3) is 0.364. The van der Waals surface area contributed by atoms with Gasteiger partial charge in [0.2, 0.25) is 6.79 Å². The van der Waals surface area contributed by atoms with Crippen LogP contribution in [0.2, 0.25) is 0 Å². The van der Waals surface area contributed by atoms with Gasteiger partial charge in [-0.15, -0.1) is 0 Å². The second-order valence-electron chi connectivity index (χ2n) is 3.43. The highest BCUT2D eigenvalue weighted by molar-refractivity contribution is 5.44. The number of benzene rings is 1. The zero-order valence-corrected chi connectivity index (χ0v) is 8.69. The molecule has 2 rings (SSSR count). The Balaban J connectivity index is 2.00. The van der Waals surface area contributed by atoms with E-state index in [0.29, 0.717) is 6.79 Å². The molecule has 0 saturated heterocycles. The molecule has 1 aliphatic heterocycles. The number of hydrogen-bond acceptors (Lipinski definition) is 4. The maximum Gasteiger partial charge on any atom is 0.231 e. The number of fused-ring (bicyclic) bond motifs is 1. The van der Waals surface area contributed by atoms with Crippen LogP contribution < -0.4 is 14.8 Å². The van der Waals surface area contributed by atoms with Crippen LogP contribution in [0.1, 0.15) is 12.5 Å². The Hall–Kier alpha value is -1.55. The predicted molar refractivity (Wildman–Crippen MR) is 58.4 cm³/mol. The number of hydrogen-bond donors (Lipinski definition) is 1. The van der Waals surface area contributed by atoms with E-state index in [0.717, 1.165) is 23.6 Å². The van der Waals surface area contributed by atoms with Gasteiger partial charge >= 0.3 is 0 Å². The minimum atomic E-state index is 0.0652. The summed E-state index contributed by atoms with van der Waals surface area (Å²) in [6, 6.07) is 5.91. The smallest absolute Gasteiger partial charge is 0.231 e. The fourth-order valence-electron chi connectivity index (χ4n) is 1.38. The Morgan fingerprint density at radius 1 is 1.47 bits per heavy atom. The molecule has 80 valence electrons. The number of ether oxygens (including phenoxy) is 2. The Morgan fingerprint density at radius 3 is 3.07 bits per heavy atom. The van der Waals surface area contributed by atoms with Gasteiger partial charge in [-0.2, -0.15) is 0 Å². The van der Waals surface area contributed by atoms with Crippen LogP contribution in [0.25, 0.3) is 0 Å². The van der Waals surface area contributed by atoms with Gasteiger partial charge in [-0.3, -0.25) is 10.3 Å². The second-order valence-corrected chi connectivity index (χ2v) is 3.43. The summed E-state index contributed by atoms with van der Waals surface area (Å²) in [6.07, 6.45) is 0.0652. The van der Waals surface area contributed by atoms with E-state index in [1.54, 1.807) is 0 Å². The van der Waals surface area contributed by atoms with E-state index in [-0.39, 0.29) is 6.17 Å². The Bertz CT molecular complexity index is 366. The molecule has 4 nitrogen and oxygen atoms in total. The standard InChI is InChI=1S/C11H14N2O2/c1-8(12-2)13-6-9-3-4-10-11(5-9)15-7-14-10/h3-5,8,13H,2,6-7H2,1H3. The molecule has 0 fully saturated rings. The van der Waals surface area contributed by atoms with Gasteiger partial charge in [0.1, 0.15) is 0 Å². The van der Waals surface area contributed by atoms with Crippen LogP contribution in [0.15, 0.2) is 23.2 Å². The molecule has 1 aromatic rings. The first-order chi connectivity index (χ1) is 7.29. The molecule has 1 aliphatic rings. The van der Waals surface area contributed by atoms with Crippen LogP contribution in [0.5, 0.6) is 11.5 Å². The predicted octanol–water partition coefficient (Wildman–Crippen LogP) is 1.55. The van der Waals surface area contributed by atoms with Crippen molar-refractivity contribution in [3.63, 3.8) is 0 Å². The number of aliphatic imine (C=N–C) groups is 1. The summed E-state index contributed by atoms with van der Waals surface area (Å²) < 4.78 is 10.5. The molecule has 0 amide bonds. The highest BCUT2D eigenvalue weighted by atomic mass is 16.7. The molecule has 15 heavy (non-hydrogen) atoms. The van der Waals surface area contributed by atoms with Crippen LogP contribution in [0.4, 0.5) is 0 Å². The van der Waals surface area contributed by atoms with E-state index < -0.39 is 0 Å². The summed E-state index contributed by atoms with van der Waals surface area (Å²) >= 11 is 0. The van der Waals surface area contributed by atoms with Crippen LogP contribution in [-0.2, 0) is 6.54 Å². The van der Waals surface area contributed by atoms with Crippen molar-refractivity contribution in [3.8, 4) is 11.5 Å². The minimum absolute atomic E-state index is 0.0652. The lowest BCUT2D eigenvalue weighted by atomic mass is 10.2. The molecule has 1 heterocycles. The molecule has 0 bridgehead atoms. The average Bonchev–Trinajstić information content (AvgIpc) is 2.72. The third-order valence-corrected chi connectivity index (χ3v) is 2.31. The Morgan fingerprint density at radius 2 is 2.27 bits per heavy atom. The van der Waals surface area contributed by atoms with Gasteiger partial charge in [-0.25, -0.2) is 0 Å². The van der Waals surface area contributed by atoms with Crippen molar-refractivity contribution in [1.82, 2.24) is 5.32 Å². The summed E-state index contributed by atoms with van der Waals surface area (Å²) in [5.41, 5.74) is 1.15. The number of nitrogens with zero attached hydrogens (tertiary/aromatic N) is 1. The van der Waals surface area contributed by atoms with Crippen molar-refractivity contribution in [2.45, 2.75) is 19.6 Å². The minimum Gasteiger partial charge on any atom is -0.454 e. The molecule has 0 radical (unpaired) electrons. The van der Waals surface area contributed by atoms with Crippen molar-refractivity contribution >= 4 is 6.72 Å². The van der Waals surface area contributed by atoms with Gasteiger partial charge < -0.3 is 9.47 Å². The first-order valence-corrected chi connectivity index (χ1v) is 4.87. The van der Waals surface area contributed by atoms with E-state index in [9.17, 15) is 0 Å². The van der Waals surface area contributed by atoms with E-state index in [2.05, 4.69) is 17.0 Å². The van der Waals surface area contributed by atoms with Gasteiger partial charge in [0.05, 0.1) is 6.17 Å². The maximum absolute atomic E-state index is 5.29. The number of nitrogens with one attached hydrogen (secondary N) is 1. The third kappa shape index (κ3) is 2.27. The first-order valence-electron chi connectivity index (χ1n) is 4.87. The average molecular weight is 206 g/mol. The van der Waals surface area contributed by atoms with Crippen molar-refractivity contribution in [2.24, 2.45) is 4.99 Å². The molecular formula is C11H14N2O2. The van der Waals surface area contributed by atoms with Crippen LogP contribution in [0, 0.1) is 0 Å². The van der Waals surface area contributed by atoms with Crippen LogP contribution >= 0.6 is 0 Å². The van der Waals surface area contributed by atoms with Crippen molar-refractivity contribution in [3.05, 3.63) is 23.8 Å². The zero-order chi connectivity index (χ0) is 10.7. The van der Waals surface area contributed by atoms with E-state index in [1.807, 2.05) is 25.1 Å². The fourth-order valence-corrected chi connectivity index (χ4v) is 1.38. The molecule has 0 aromatic heterocycles. The molecule has 1 N–H and O–H groups in total. The van der Waals surface area contributed by atoms with Crippen LogP contribution in [0.3, 0.4) is 0 Å². The van der Waals surface area contributed by atoms with Crippen molar-refractivity contribution in [1.29, 1.82) is 0 Å². The van der Waals surface area contributed by atoms with Crippen molar-refractivity contribution in [2.75, 3.05) is 6.79 Å². The summed E-state index contributed by atoms with van der Waals surface area (Å²) in [4.78, 5) is 3.86. The van der Waals surface area contributed by atoms with Crippen LogP contribution in [-0.4, -0.2) is 19.7 Å². The maximum atomic E-state index is 5.29. The first kappa shape index (κ1) is 9.98. The molecular weight excluding hydrogens is 192 g/mol. The summed E-state index contributed by atoms with van der Waals surface area (Å²) in [6.45, 7) is 6.49. The molecule has 0 spiro atoms. The highest BCUT2D eigenvalue weighted by Crippen LogP contribution is 2.32. The van der Waals surface area contributed by atoms with Gasteiger partial charge in [-0.05, 0) is 31.3 Å². The normalized spacial score (nSPS) is 15.0. The quantitative estimate of drug-likeness (QED) is 0.760. The highest BCUT2D eigenvalue weighted by Gasteiger charge is 2.12. The van der Waals surface area contributed by atoms with E-state index >= 15 is 0 Å². The Labute approximate surface area is 88.9 Å². The second kappa shape index (κ2) is 4.31. The molecule has 4 heteroatoms. The molecule has 1 aromatic carbocycles. The lowest BCUT2D eigenvalue weighted by Crippen LogP contribution is -2.22. The molecule has 1 atom stereocenters. The summed E-state index contributed by atoms with van der Waals surface area (Å²) in [7, 11) is 0. The van der Waals surface area contributed by atoms with E-state index in [1.165, 1.54) is 0 Å². The Kier molecular flexibility index (Phi) is 2.87. The summed E-state index contributed by atoms with van der Waals surface area (Å²) in [5, 5.41) is 3.21. The topological polar surface area (TPSA) is 42.9 Å². The van der Waals surface area contributed by atoms with E-state index in [4.69, 9.17) is 9.47 Å². The van der Waals surface area contributed by atoms with Gasteiger partial charge in [0.15, 0.2) is 11.5 Å². The lowest BCUT2D eigenvalue weighted by Gasteiger charge is -2.08. The third-order valence-electron chi connectivity index (χ3n) is 2.31. The van der Waals surface area contributed by atoms with Gasteiger partial charge in [0.25, 0.3) is 0 Å². The largest absolute Gasteiger partial charge is 0.454 e. The molecule has 0 saturated carbocycles. The zero-order valence-electron chi connectivity index (χ0n) is 8.69. The summed E-state index contributed by atoms with van der Waals surface area (Å²) in [5.74, 6) is 1.63. The number of rotatable bonds is 4. The monoisotopic (exact) mass is 206 g/mol. The lowest BCUT2D eigenvalue weighted by molar-refractivity contribution is 0.174. The molecule has 1 unspecified atom stereocenters. The van der Waals surface area contributed by atoms with Gasteiger partial charge in [-0.1, -0.05) is 6.07 Å².